The summed E-state index contributed by atoms with van der Waals surface area (Å²) >= 11 is 0. The van der Waals surface area contributed by atoms with Gasteiger partial charge in [-0.25, -0.2) is 0 Å². The molecule has 1 aromatic carbocycles. The van der Waals surface area contributed by atoms with Gasteiger partial charge >= 0.3 is 6.18 Å². The summed E-state index contributed by atoms with van der Waals surface area (Å²) in [6.07, 6.45) is -3.28. The van der Waals surface area contributed by atoms with Crippen molar-refractivity contribution in [3.8, 4) is 0 Å². The lowest BCUT2D eigenvalue weighted by atomic mass is 9.96. The summed E-state index contributed by atoms with van der Waals surface area (Å²) < 4.78 is 38.0. The Balaban J connectivity index is 3.01. The standard InChI is InChI=1S/C14H19F3N2O/c1-4-7-13(3,18)12(20)19-11-8-10(14(15,16)17)6-5-9(11)2/h5-6,8H,4,7,18H2,1-3H3,(H,19,20). The van der Waals surface area contributed by atoms with Gasteiger partial charge in [0.25, 0.3) is 0 Å². The van der Waals surface area contributed by atoms with Gasteiger partial charge in [0.2, 0.25) is 5.91 Å². The molecule has 20 heavy (non-hydrogen) atoms. The first-order chi connectivity index (χ1) is 9.08. The first-order valence-electron chi connectivity index (χ1n) is 6.36. The molecule has 3 nitrogen and oxygen atoms in total. The van der Waals surface area contributed by atoms with Crippen molar-refractivity contribution in [2.24, 2.45) is 5.73 Å². The Bertz CT molecular complexity index is 496. The number of amides is 1. The summed E-state index contributed by atoms with van der Waals surface area (Å²) in [5.74, 6) is -0.484. The van der Waals surface area contributed by atoms with Gasteiger partial charge < -0.3 is 11.1 Å². The molecule has 0 aliphatic carbocycles. The van der Waals surface area contributed by atoms with E-state index in [-0.39, 0.29) is 5.69 Å². The molecule has 0 saturated heterocycles. The van der Waals surface area contributed by atoms with Crippen LogP contribution in [0.2, 0.25) is 0 Å². The maximum absolute atomic E-state index is 12.7. The topological polar surface area (TPSA) is 55.1 Å². The number of aryl methyl sites for hydroxylation is 1. The van der Waals surface area contributed by atoms with Crippen LogP contribution in [0.4, 0.5) is 18.9 Å². The molecule has 0 aliphatic rings. The SMILES string of the molecule is CCCC(C)(N)C(=O)Nc1cc(C(F)(F)F)ccc1C. The number of nitrogens with two attached hydrogens (primary N) is 1. The van der Waals surface area contributed by atoms with Gasteiger partial charge in [-0.15, -0.1) is 0 Å². The molecule has 1 rings (SSSR count). The van der Waals surface area contributed by atoms with E-state index >= 15 is 0 Å². The zero-order valence-corrected chi connectivity index (χ0v) is 11.8. The first-order valence-corrected chi connectivity index (χ1v) is 6.36. The molecule has 3 N–H and O–H groups in total. The van der Waals surface area contributed by atoms with Crippen LogP contribution in [-0.4, -0.2) is 11.4 Å². The van der Waals surface area contributed by atoms with E-state index in [9.17, 15) is 18.0 Å². The highest BCUT2D eigenvalue weighted by atomic mass is 19.4. The van der Waals surface area contributed by atoms with E-state index in [1.807, 2.05) is 6.92 Å². The Morgan fingerprint density at radius 2 is 1.95 bits per heavy atom. The van der Waals surface area contributed by atoms with Crippen molar-refractivity contribution in [2.75, 3.05) is 5.32 Å². The van der Waals surface area contributed by atoms with Crippen molar-refractivity contribution < 1.29 is 18.0 Å². The van der Waals surface area contributed by atoms with Crippen LogP contribution in [0.5, 0.6) is 0 Å². The largest absolute Gasteiger partial charge is 0.416 e. The van der Waals surface area contributed by atoms with E-state index in [4.69, 9.17) is 5.73 Å². The average molecular weight is 288 g/mol. The van der Waals surface area contributed by atoms with Crippen LogP contribution in [-0.2, 0) is 11.0 Å². The van der Waals surface area contributed by atoms with Crippen molar-refractivity contribution in [1.29, 1.82) is 0 Å². The summed E-state index contributed by atoms with van der Waals surface area (Å²) in [5, 5.41) is 2.48. The summed E-state index contributed by atoms with van der Waals surface area (Å²) in [5.41, 5.74) is 4.65. The lowest BCUT2D eigenvalue weighted by Gasteiger charge is -2.23. The molecule has 0 saturated carbocycles. The van der Waals surface area contributed by atoms with Crippen molar-refractivity contribution in [3.05, 3.63) is 29.3 Å². The van der Waals surface area contributed by atoms with E-state index < -0.39 is 23.2 Å². The lowest BCUT2D eigenvalue weighted by molar-refractivity contribution is -0.137. The third-order valence-corrected chi connectivity index (χ3v) is 3.10. The quantitative estimate of drug-likeness (QED) is 0.891. The Labute approximate surface area is 116 Å². The Morgan fingerprint density at radius 3 is 2.45 bits per heavy atom. The fourth-order valence-electron chi connectivity index (χ4n) is 1.83. The molecule has 1 amide bonds. The van der Waals surface area contributed by atoms with Crippen LogP contribution in [0.1, 0.15) is 37.8 Å². The third-order valence-electron chi connectivity index (χ3n) is 3.10. The van der Waals surface area contributed by atoms with Gasteiger partial charge in [-0.05, 0) is 38.0 Å². The van der Waals surface area contributed by atoms with E-state index in [1.54, 1.807) is 13.8 Å². The van der Waals surface area contributed by atoms with Crippen molar-refractivity contribution in [3.63, 3.8) is 0 Å². The molecule has 0 heterocycles. The molecule has 6 heteroatoms. The number of benzene rings is 1. The minimum atomic E-state index is -4.44. The minimum absolute atomic E-state index is 0.137. The molecule has 0 aromatic heterocycles. The zero-order chi connectivity index (χ0) is 15.6. The van der Waals surface area contributed by atoms with Gasteiger partial charge in [-0.2, -0.15) is 13.2 Å². The number of alkyl halides is 3. The second-order valence-electron chi connectivity index (χ2n) is 5.15. The molecule has 1 aromatic rings. The van der Waals surface area contributed by atoms with Gasteiger partial charge in [-0.1, -0.05) is 19.4 Å². The summed E-state index contributed by atoms with van der Waals surface area (Å²) in [6.45, 7) is 5.08. The molecule has 0 aliphatic heterocycles. The molecule has 0 bridgehead atoms. The maximum Gasteiger partial charge on any atom is 0.416 e. The molecule has 0 radical (unpaired) electrons. The van der Waals surface area contributed by atoms with Crippen LogP contribution in [0.25, 0.3) is 0 Å². The Hall–Kier alpha value is -1.56. The second-order valence-corrected chi connectivity index (χ2v) is 5.15. The second kappa shape index (κ2) is 5.83. The minimum Gasteiger partial charge on any atom is -0.324 e. The number of rotatable bonds is 4. The van der Waals surface area contributed by atoms with Gasteiger partial charge in [-0.3, -0.25) is 4.79 Å². The fraction of sp³-hybridized carbons (Fsp3) is 0.500. The summed E-state index contributed by atoms with van der Waals surface area (Å²) in [4.78, 5) is 12.0. The molecular formula is C14H19F3N2O. The lowest BCUT2D eigenvalue weighted by Crippen LogP contribution is -2.48. The number of halogens is 3. The average Bonchev–Trinajstić information content (AvgIpc) is 2.30. The number of hydrogen-bond donors (Lipinski definition) is 2. The molecule has 1 unspecified atom stereocenters. The monoisotopic (exact) mass is 288 g/mol. The van der Waals surface area contributed by atoms with Gasteiger partial charge in [0.15, 0.2) is 0 Å². The number of carbonyl (C=O) groups excluding carboxylic acids is 1. The number of nitrogens with one attached hydrogen (secondary N) is 1. The number of anilines is 1. The van der Waals surface area contributed by atoms with E-state index in [2.05, 4.69) is 5.32 Å². The van der Waals surface area contributed by atoms with E-state index in [0.717, 1.165) is 12.1 Å². The van der Waals surface area contributed by atoms with Crippen molar-refractivity contribution in [2.45, 2.75) is 45.3 Å². The molecule has 0 spiro atoms. The molecule has 112 valence electrons. The molecule has 1 atom stereocenters. The molecular weight excluding hydrogens is 269 g/mol. The highest BCUT2D eigenvalue weighted by molar-refractivity contribution is 5.98. The van der Waals surface area contributed by atoms with Crippen LogP contribution in [0.3, 0.4) is 0 Å². The predicted octanol–water partition coefficient (Wildman–Crippen LogP) is 3.47. The van der Waals surface area contributed by atoms with Gasteiger partial charge in [0, 0.05) is 5.69 Å². The van der Waals surface area contributed by atoms with Crippen molar-refractivity contribution >= 4 is 11.6 Å². The summed E-state index contributed by atoms with van der Waals surface area (Å²) in [6, 6.07) is 3.24. The smallest absolute Gasteiger partial charge is 0.324 e. The summed E-state index contributed by atoms with van der Waals surface area (Å²) in [7, 11) is 0. The number of hydrogen-bond acceptors (Lipinski definition) is 2. The van der Waals surface area contributed by atoms with Crippen LogP contribution in [0, 0.1) is 6.92 Å². The highest BCUT2D eigenvalue weighted by Gasteiger charge is 2.32. The van der Waals surface area contributed by atoms with E-state index in [0.29, 0.717) is 18.4 Å². The maximum atomic E-state index is 12.7. The Morgan fingerprint density at radius 1 is 1.35 bits per heavy atom. The Kier molecular flexibility index (Phi) is 4.81. The van der Waals surface area contributed by atoms with Gasteiger partial charge in [0.1, 0.15) is 0 Å². The van der Waals surface area contributed by atoms with Crippen molar-refractivity contribution in [1.82, 2.24) is 0 Å². The predicted molar refractivity (Wildman–Crippen MR) is 72.3 cm³/mol. The molecule has 0 fully saturated rings. The first kappa shape index (κ1) is 16.5. The van der Waals surface area contributed by atoms with Crippen LogP contribution < -0.4 is 11.1 Å². The normalized spacial score (nSPS) is 14.8. The third kappa shape index (κ3) is 3.96. The van der Waals surface area contributed by atoms with Crippen LogP contribution in [0.15, 0.2) is 18.2 Å². The number of carbonyl (C=O) groups is 1. The van der Waals surface area contributed by atoms with Crippen LogP contribution >= 0.6 is 0 Å². The van der Waals surface area contributed by atoms with Gasteiger partial charge in [0.05, 0.1) is 11.1 Å². The zero-order valence-electron chi connectivity index (χ0n) is 11.8. The fourth-order valence-corrected chi connectivity index (χ4v) is 1.83. The van der Waals surface area contributed by atoms with E-state index in [1.165, 1.54) is 6.07 Å². The highest BCUT2D eigenvalue weighted by Crippen LogP contribution is 2.32.